The predicted octanol–water partition coefficient (Wildman–Crippen LogP) is 1.25. The third-order valence-corrected chi connectivity index (χ3v) is 2.71. The zero-order chi connectivity index (χ0) is 12.3. The van der Waals surface area contributed by atoms with Crippen molar-refractivity contribution in [1.82, 2.24) is 0 Å². The molecule has 0 amide bonds. The lowest BCUT2D eigenvalue weighted by Gasteiger charge is -2.30. The van der Waals surface area contributed by atoms with E-state index in [-0.39, 0.29) is 6.61 Å². The maximum atomic E-state index is 9.42. The molecule has 0 aromatic rings. The van der Waals surface area contributed by atoms with E-state index in [0.717, 1.165) is 0 Å². The Kier molecular flexibility index (Phi) is 10.8. The van der Waals surface area contributed by atoms with Crippen molar-refractivity contribution in [2.45, 2.75) is 34.1 Å². The molecule has 0 atom stereocenters. The Hall–Kier alpha value is -0.770. The maximum absolute atomic E-state index is 9.42. The molecule has 0 bridgehead atoms. The van der Waals surface area contributed by atoms with Crippen molar-refractivity contribution in [1.29, 1.82) is 0 Å². The van der Waals surface area contributed by atoms with Gasteiger partial charge in [-0.15, -0.1) is 0 Å². The molecule has 0 unspecified atom stereocenters. The summed E-state index contributed by atoms with van der Waals surface area (Å²) in [6, 6.07) is 0. The fourth-order valence-corrected chi connectivity index (χ4v) is 0.856. The fraction of sp³-hybridized carbons (Fsp3) is 0.909. The molecule has 4 nitrogen and oxygen atoms in total. The molecule has 15 heavy (non-hydrogen) atoms. The molecule has 0 rings (SSSR count). The molecule has 0 N–H and O–H groups in total. The van der Waals surface area contributed by atoms with E-state index in [2.05, 4.69) is 32.6 Å². The standard InChI is InChI=1S/C7H18N.C4H8O3/c1-5-8(4,6-2)7-3;1-2-3-7-4(5)6/h5-7H2,1-4H3;2-3H2,1H3,(H,5,6)/q+1;/p-1. The highest BCUT2D eigenvalue weighted by atomic mass is 16.7. The Balaban J connectivity index is 0. The minimum Gasteiger partial charge on any atom is -0.550 e. The summed E-state index contributed by atoms with van der Waals surface area (Å²) in [4.78, 5) is 9.42. The van der Waals surface area contributed by atoms with Gasteiger partial charge < -0.3 is 19.1 Å². The van der Waals surface area contributed by atoms with Gasteiger partial charge in [0, 0.05) is 6.61 Å². The number of hydrogen-bond acceptors (Lipinski definition) is 3. The lowest BCUT2D eigenvalue weighted by molar-refractivity contribution is -0.904. The molecule has 0 saturated carbocycles. The normalized spacial score (nSPS) is 10.2. The van der Waals surface area contributed by atoms with Crippen LogP contribution in [0.3, 0.4) is 0 Å². The second-order valence-electron chi connectivity index (χ2n) is 3.67. The van der Waals surface area contributed by atoms with Gasteiger partial charge in [0.25, 0.3) is 6.16 Å². The minimum absolute atomic E-state index is 0.238. The van der Waals surface area contributed by atoms with E-state index < -0.39 is 6.16 Å². The lowest BCUT2D eigenvalue weighted by atomic mass is 10.4. The molecule has 0 spiro atoms. The average molecular weight is 219 g/mol. The fourth-order valence-electron chi connectivity index (χ4n) is 0.856. The van der Waals surface area contributed by atoms with E-state index in [1.165, 1.54) is 24.1 Å². The van der Waals surface area contributed by atoms with Crippen molar-refractivity contribution >= 4 is 6.16 Å². The summed E-state index contributed by atoms with van der Waals surface area (Å²) in [6.45, 7) is 12.6. The number of ether oxygens (including phenoxy) is 1. The first kappa shape index (κ1) is 16.7. The largest absolute Gasteiger partial charge is 0.550 e. The average Bonchev–Trinajstić information content (AvgIpc) is 2.26. The Morgan fingerprint density at radius 1 is 1.13 bits per heavy atom. The Morgan fingerprint density at radius 2 is 1.53 bits per heavy atom. The molecular formula is C11H25NO3. The van der Waals surface area contributed by atoms with Crippen LogP contribution in [0.15, 0.2) is 0 Å². The van der Waals surface area contributed by atoms with Crippen molar-refractivity contribution < 1.29 is 19.1 Å². The number of carbonyl (C=O) groups is 1. The predicted molar refractivity (Wildman–Crippen MR) is 59.4 cm³/mol. The van der Waals surface area contributed by atoms with E-state index in [1.807, 2.05) is 6.92 Å². The van der Waals surface area contributed by atoms with Gasteiger partial charge in [0.2, 0.25) is 0 Å². The quantitative estimate of drug-likeness (QED) is 0.516. The molecule has 0 aliphatic rings. The van der Waals surface area contributed by atoms with Crippen molar-refractivity contribution in [2.24, 2.45) is 0 Å². The topological polar surface area (TPSA) is 49.4 Å². The zero-order valence-electron chi connectivity index (χ0n) is 10.7. The summed E-state index contributed by atoms with van der Waals surface area (Å²) >= 11 is 0. The molecule has 0 aliphatic carbocycles. The molecule has 0 saturated heterocycles. The smallest absolute Gasteiger partial charge is 0.251 e. The minimum atomic E-state index is -1.44. The summed E-state index contributed by atoms with van der Waals surface area (Å²) in [6.07, 6.45) is -0.740. The number of quaternary nitrogens is 1. The SMILES string of the molecule is CCCOC(=O)[O-].CC[N+](C)(CC)CC. The first-order valence-corrected chi connectivity index (χ1v) is 5.63. The monoisotopic (exact) mass is 219 g/mol. The highest BCUT2D eigenvalue weighted by Gasteiger charge is 2.10. The van der Waals surface area contributed by atoms with Gasteiger partial charge in [-0.25, -0.2) is 0 Å². The molecule has 0 heterocycles. The third kappa shape index (κ3) is 11.2. The summed E-state index contributed by atoms with van der Waals surface area (Å²) in [5.74, 6) is 0. The second kappa shape index (κ2) is 9.77. The molecular weight excluding hydrogens is 194 g/mol. The van der Waals surface area contributed by atoms with Crippen molar-refractivity contribution in [3.05, 3.63) is 0 Å². The number of hydrogen-bond donors (Lipinski definition) is 0. The van der Waals surface area contributed by atoms with Crippen LogP contribution in [-0.2, 0) is 4.74 Å². The molecule has 0 radical (unpaired) electrons. The summed E-state index contributed by atoms with van der Waals surface area (Å²) < 4.78 is 5.20. The van der Waals surface area contributed by atoms with Crippen LogP contribution >= 0.6 is 0 Å². The van der Waals surface area contributed by atoms with Crippen molar-refractivity contribution in [3.8, 4) is 0 Å². The number of nitrogens with zero attached hydrogens (tertiary/aromatic N) is 1. The van der Waals surface area contributed by atoms with E-state index >= 15 is 0 Å². The zero-order valence-corrected chi connectivity index (χ0v) is 10.7. The van der Waals surface area contributed by atoms with Crippen LogP contribution in [0.5, 0.6) is 0 Å². The van der Waals surface area contributed by atoms with Crippen LogP contribution in [-0.4, -0.2) is 43.9 Å². The van der Waals surface area contributed by atoms with E-state index in [4.69, 9.17) is 0 Å². The Morgan fingerprint density at radius 3 is 1.60 bits per heavy atom. The highest BCUT2D eigenvalue weighted by Crippen LogP contribution is 1.97. The van der Waals surface area contributed by atoms with Gasteiger partial charge >= 0.3 is 0 Å². The molecule has 92 valence electrons. The first-order chi connectivity index (χ1) is 6.95. The third-order valence-electron chi connectivity index (χ3n) is 2.71. The summed E-state index contributed by atoms with van der Waals surface area (Å²) in [5.41, 5.74) is 0. The summed E-state index contributed by atoms with van der Waals surface area (Å²) in [5, 5.41) is 9.42. The van der Waals surface area contributed by atoms with Gasteiger partial charge in [-0.1, -0.05) is 6.92 Å². The van der Waals surface area contributed by atoms with Gasteiger partial charge in [0.1, 0.15) is 0 Å². The van der Waals surface area contributed by atoms with Gasteiger partial charge in [-0.05, 0) is 27.2 Å². The van der Waals surface area contributed by atoms with Gasteiger partial charge in [0.15, 0.2) is 0 Å². The van der Waals surface area contributed by atoms with Crippen LogP contribution in [0.4, 0.5) is 4.79 Å². The van der Waals surface area contributed by atoms with Crippen LogP contribution in [0.1, 0.15) is 34.1 Å². The molecule has 0 aromatic carbocycles. The molecule has 0 aromatic heterocycles. The lowest BCUT2D eigenvalue weighted by Crippen LogP contribution is -2.42. The van der Waals surface area contributed by atoms with E-state index in [1.54, 1.807) is 0 Å². The number of rotatable bonds is 5. The second-order valence-corrected chi connectivity index (χ2v) is 3.67. The highest BCUT2D eigenvalue weighted by molar-refractivity contribution is 5.53. The first-order valence-electron chi connectivity index (χ1n) is 5.63. The Labute approximate surface area is 93.4 Å². The van der Waals surface area contributed by atoms with E-state index in [9.17, 15) is 9.90 Å². The van der Waals surface area contributed by atoms with Crippen molar-refractivity contribution in [2.75, 3.05) is 33.3 Å². The van der Waals surface area contributed by atoms with Crippen LogP contribution < -0.4 is 5.11 Å². The number of carboxylic acid groups (broad SMARTS) is 1. The Bertz CT molecular complexity index is 148. The molecule has 0 aliphatic heterocycles. The molecule has 0 fully saturated rings. The van der Waals surface area contributed by atoms with Gasteiger partial charge in [-0.3, -0.25) is 0 Å². The van der Waals surface area contributed by atoms with Gasteiger partial charge in [0.05, 0.1) is 26.7 Å². The molecule has 4 heteroatoms. The maximum Gasteiger partial charge on any atom is 0.251 e. The van der Waals surface area contributed by atoms with Crippen LogP contribution in [0.2, 0.25) is 0 Å². The number of carbonyl (C=O) groups excluding carboxylic acids is 1. The van der Waals surface area contributed by atoms with Crippen LogP contribution in [0.25, 0.3) is 0 Å². The summed E-state index contributed by atoms with van der Waals surface area (Å²) in [7, 11) is 2.29. The van der Waals surface area contributed by atoms with Crippen LogP contribution in [0, 0.1) is 0 Å². The van der Waals surface area contributed by atoms with E-state index in [0.29, 0.717) is 6.42 Å². The van der Waals surface area contributed by atoms with Crippen molar-refractivity contribution in [3.63, 3.8) is 0 Å². The van der Waals surface area contributed by atoms with Gasteiger partial charge in [-0.2, -0.15) is 0 Å².